The number of carboxylic acid groups (broad SMARTS) is 1. The molecule has 1 fully saturated rings. The molecule has 0 saturated carbocycles. The van der Waals surface area contributed by atoms with Crippen molar-refractivity contribution < 1.29 is 19.5 Å². The normalized spacial score (nSPS) is 17.7. The van der Waals surface area contributed by atoms with E-state index in [-0.39, 0.29) is 31.2 Å². The van der Waals surface area contributed by atoms with Crippen molar-refractivity contribution in [3.8, 4) is 0 Å². The molecule has 7 nitrogen and oxygen atoms in total. The summed E-state index contributed by atoms with van der Waals surface area (Å²) in [5, 5.41) is 13.1. The summed E-state index contributed by atoms with van der Waals surface area (Å²) in [6.45, 7) is 4.03. The van der Waals surface area contributed by atoms with Crippen LogP contribution in [0.1, 0.15) is 12.8 Å². The zero-order valence-electron chi connectivity index (χ0n) is 15.7. The average Bonchev–Trinajstić information content (AvgIpc) is 2.97. The molecule has 1 unspecified atom stereocenters. The predicted octanol–water partition coefficient (Wildman–Crippen LogP) is 2.94. The van der Waals surface area contributed by atoms with Crippen LogP contribution in [-0.4, -0.2) is 51.3 Å². The lowest BCUT2D eigenvalue weighted by Crippen LogP contribution is -2.35. The maximum atomic E-state index is 12.8. The number of rotatable bonds is 8. The fourth-order valence-corrected chi connectivity index (χ4v) is 4.14. The van der Waals surface area contributed by atoms with Crippen LogP contribution in [0.3, 0.4) is 0 Å². The number of amidine groups is 1. The van der Waals surface area contributed by atoms with Crippen LogP contribution in [0.25, 0.3) is 10.8 Å². The fraction of sp³-hybridized carbons (Fsp3) is 0.238. The lowest BCUT2D eigenvalue weighted by atomic mass is 10.1. The Balaban J connectivity index is 1.80. The van der Waals surface area contributed by atoms with Crippen LogP contribution in [-0.2, 0) is 14.4 Å². The Morgan fingerprint density at radius 1 is 1.24 bits per heavy atom. The number of amides is 2. The number of thioether (sulfide) groups is 1. The van der Waals surface area contributed by atoms with Gasteiger partial charge in [0.25, 0.3) is 0 Å². The Bertz CT molecular complexity index is 984. The molecule has 0 spiro atoms. The first-order chi connectivity index (χ1) is 14.0. The zero-order chi connectivity index (χ0) is 20.8. The van der Waals surface area contributed by atoms with E-state index in [4.69, 9.17) is 10.1 Å². The van der Waals surface area contributed by atoms with Gasteiger partial charge in [-0.2, -0.15) is 0 Å². The molecule has 2 aromatic carbocycles. The van der Waals surface area contributed by atoms with Crippen molar-refractivity contribution in [3.05, 3.63) is 55.1 Å². The first kappa shape index (κ1) is 20.6. The Morgan fingerprint density at radius 2 is 2.00 bits per heavy atom. The predicted molar refractivity (Wildman–Crippen MR) is 114 cm³/mol. The maximum absolute atomic E-state index is 12.8. The summed E-state index contributed by atoms with van der Waals surface area (Å²) in [6.07, 6.45) is 1.42. The van der Waals surface area contributed by atoms with E-state index in [0.29, 0.717) is 11.7 Å². The van der Waals surface area contributed by atoms with Gasteiger partial charge in [0.15, 0.2) is 5.17 Å². The Labute approximate surface area is 172 Å². The van der Waals surface area contributed by atoms with Crippen LogP contribution in [0.4, 0.5) is 5.69 Å². The third-order valence-corrected chi connectivity index (χ3v) is 5.52. The number of fused-ring (bicyclic) bond motifs is 1. The highest BCUT2D eigenvalue weighted by Gasteiger charge is 2.38. The maximum Gasteiger partial charge on any atom is 0.305 e. The second-order valence-electron chi connectivity index (χ2n) is 6.43. The van der Waals surface area contributed by atoms with Gasteiger partial charge in [0, 0.05) is 24.9 Å². The van der Waals surface area contributed by atoms with Crippen LogP contribution < -0.4 is 5.32 Å². The molecule has 2 amide bonds. The lowest BCUT2D eigenvalue weighted by molar-refractivity contribution is -0.137. The largest absolute Gasteiger partial charge is 0.481 e. The minimum Gasteiger partial charge on any atom is -0.481 e. The van der Waals surface area contributed by atoms with Crippen LogP contribution in [0.2, 0.25) is 0 Å². The Kier molecular flexibility index (Phi) is 6.66. The van der Waals surface area contributed by atoms with Gasteiger partial charge in [-0.15, -0.1) is 6.58 Å². The van der Waals surface area contributed by atoms with Crippen molar-refractivity contribution >= 4 is 51.2 Å². The van der Waals surface area contributed by atoms with Crippen molar-refractivity contribution in [1.82, 2.24) is 10.2 Å². The molecule has 3 rings (SSSR count). The Morgan fingerprint density at radius 3 is 2.76 bits per heavy atom. The minimum absolute atomic E-state index is 0.0348. The van der Waals surface area contributed by atoms with E-state index in [0.717, 1.165) is 16.5 Å². The second-order valence-corrected chi connectivity index (χ2v) is 7.60. The molecule has 0 radical (unpaired) electrons. The number of aliphatic carboxylic acids is 1. The average molecular weight is 411 g/mol. The first-order valence-electron chi connectivity index (χ1n) is 9.13. The summed E-state index contributed by atoms with van der Waals surface area (Å²) >= 11 is 1.24. The third-order valence-electron chi connectivity index (χ3n) is 4.35. The van der Waals surface area contributed by atoms with Gasteiger partial charge in [-0.25, -0.2) is 4.99 Å². The highest BCUT2D eigenvalue weighted by Crippen LogP contribution is 2.33. The summed E-state index contributed by atoms with van der Waals surface area (Å²) in [7, 11) is 0. The van der Waals surface area contributed by atoms with Crippen LogP contribution in [0.5, 0.6) is 0 Å². The molecule has 1 aliphatic heterocycles. The van der Waals surface area contributed by atoms with Crippen molar-refractivity contribution in [2.45, 2.75) is 18.1 Å². The summed E-state index contributed by atoms with van der Waals surface area (Å²) in [5.41, 5.74) is 0.749. The van der Waals surface area contributed by atoms with Gasteiger partial charge >= 0.3 is 5.97 Å². The molecule has 0 aliphatic carbocycles. The number of carboxylic acids is 1. The van der Waals surface area contributed by atoms with E-state index in [1.165, 1.54) is 16.7 Å². The molecule has 1 saturated heterocycles. The van der Waals surface area contributed by atoms with Gasteiger partial charge in [0.1, 0.15) is 5.25 Å². The molecule has 29 heavy (non-hydrogen) atoms. The van der Waals surface area contributed by atoms with E-state index >= 15 is 0 Å². The second kappa shape index (κ2) is 9.38. The molecule has 1 heterocycles. The lowest BCUT2D eigenvalue weighted by Gasteiger charge is -2.14. The molecule has 2 aromatic rings. The number of hydrogen-bond donors (Lipinski definition) is 2. The molecule has 150 valence electrons. The fourth-order valence-electron chi connectivity index (χ4n) is 2.98. The van der Waals surface area contributed by atoms with Gasteiger partial charge < -0.3 is 10.4 Å². The minimum atomic E-state index is -0.988. The quantitative estimate of drug-likeness (QED) is 0.651. The number of aliphatic imine (C=N–C) groups is 1. The molecule has 1 aliphatic rings. The summed E-state index contributed by atoms with van der Waals surface area (Å²) < 4.78 is 0. The van der Waals surface area contributed by atoms with E-state index in [1.807, 2.05) is 42.5 Å². The summed E-state index contributed by atoms with van der Waals surface area (Å²) in [6, 6.07) is 13.7. The van der Waals surface area contributed by atoms with Gasteiger partial charge in [-0.3, -0.25) is 19.3 Å². The summed E-state index contributed by atoms with van der Waals surface area (Å²) in [4.78, 5) is 41.7. The van der Waals surface area contributed by atoms with Crippen LogP contribution >= 0.6 is 11.8 Å². The van der Waals surface area contributed by atoms with Gasteiger partial charge in [-0.05, 0) is 11.5 Å². The monoisotopic (exact) mass is 411 g/mol. The number of benzene rings is 2. The van der Waals surface area contributed by atoms with Crippen molar-refractivity contribution in [2.75, 3.05) is 13.1 Å². The van der Waals surface area contributed by atoms with E-state index in [9.17, 15) is 14.4 Å². The van der Waals surface area contributed by atoms with Crippen molar-refractivity contribution in [3.63, 3.8) is 0 Å². The number of hydrogen-bond acceptors (Lipinski definition) is 5. The number of carbonyl (C=O) groups excluding carboxylic acids is 2. The van der Waals surface area contributed by atoms with E-state index in [2.05, 4.69) is 11.9 Å². The van der Waals surface area contributed by atoms with Crippen LogP contribution in [0, 0.1) is 0 Å². The van der Waals surface area contributed by atoms with Crippen LogP contribution in [0.15, 0.2) is 60.1 Å². The molecule has 0 aromatic heterocycles. The third kappa shape index (κ3) is 5.03. The topological polar surface area (TPSA) is 99.1 Å². The molecule has 8 heteroatoms. The van der Waals surface area contributed by atoms with Crippen molar-refractivity contribution in [1.29, 1.82) is 0 Å². The van der Waals surface area contributed by atoms with Crippen molar-refractivity contribution in [2.24, 2.45) is 4.99 Å². The SMILES string of the molecule is C=CCN1C(=O)C(CC(=O)NCCC(=O)O)SC1=Nc1cccc2ccccc12. The number of nitrogens with zero attached hydrogens (tertiary/aromatic N) is 2. The highest BCUT2D eigenvalue weighted by atomic mass is 32.2. The Hall–Kier alpha value is -3.13. The van der Waals surface area contributed by atoms with Gasteiger partial charge in [-0.1, -0.05) is 54.2 Å². The summed E-state index contributed by atoms with van der Waals surface area (Å²) in [5.74, 6) is -1.55. The van der Waals surface area contributed by atoms with Gasteiger partial charge in [0.05, 0.1) is 12.1 Å². The van der Waals surface area contributed by atoms with E-state index in [1.54, 1.807) is 6.08 Å². The van der Waals surface area contributed by atoms with E-state index < -0.39 is 11.2 Å². The molecular weight excluding hydrogens is 390 g/mol. The molecule has 1 atom stereocenters. The molecule has 2 N–H and O–H groups in total. The first-order valence-corrected chi connectivity index (χ1v) is 10.0. The number of carbonyl (C=O) groups is 3. The standard InChI is InChI=1S/C21H21N3O4S/c1-2-12-24-20(28)17(13-18(25)22-11-10-19(26)27)29-21(24)23-16-9-5-7-14-6-3-4-8-15(14)16/h2-9,17H,1,10-13H2,(H,22,25)(H,26,27). The highest BCUT2D eigenvalue weighted by molar-refractivity contribution is 8.15. The number of nitrogens with one attached hydrogen (secondary N) is 1. The van der Waals surface area contributed by atoms with Gasteiger partial charge in [0.2, 0.25) is 11.8 Å². The molecular formula is C21H21N3O4S. The molecule has 0 bridgehead atoms. The zero-order valence-corrected chi connectivity index (χ0v) is 16.5. The smallest absolute Gasteiger partial charge is 0.305 e.